The first-order chi connectivity index (χ1) is 25.6. The van der Waals surface area contributed by atoms with E-state index in [-0.39, 0.29) is 11.2 Å². The van der Waals surface area contributed by atoms with E-state index in [1.54, 1.807) is 0 Å². The van der Waals surface area contributed by atoms with Gasteiger partial charge < -0.3 is 30.0 Å². The van der Waals surface area contributed by atoms with Crippen LogP contribution in [-0.4, -0.2) is 17.5 Å². The fraction of sp³-hybridized carbons (Fsp3) is 0.196. The van der Waals surface area contributed by atoms with E-state index in [1.807, 2.05) is 141 Å². The molecule has 7 heteroatoms. The van der Waals surface area contributed by atoms with E-state index in [9.17, 15) is 4.79 Å². The highest BCUT2D eigenvalue weighted by atomic mass is 16.5. The highest BCUT2D eigenvalue weighted by molar-refractivity contribution is 5.79. The Labute approximate surface area is 312 Å². The molecular formula is C46H46N2O5. The number of hydrogen-bond donors (Lipinski definition) is 2. The number of hydrogen-bond acceptors (Lipinski definition) is 7. The maximum Gasteiger partial charge on any atom is 0.150 e. The highest BCUT2D eigenvalue weighted by Gasteiger charge is 2.32. The summed E-state index contributed by atoms with van der Waals surface area (Å²) in [5, 5.41) is 3.50. The molecule has 6 aromatic carbocycles. The molecular weight excluding hydrogens is 661 g/mol. The number of rotatable bonds is 8. The van der Waals surface area contributed by atoms with Crippen molar-refractivity contribution in [2.75, 3.05) is 11.1 Å². The van der Waals surface area contributed by atoms with Crippen molar-refractivity contribution in [1.29, 1.82) is 0 Å². The zero-order valence-corrected chi connectivity index (χ0v) is 30.7. The summed E-state index contributed by atoms with van der Waals surface area (Å²) < 4.78 is 23.5. The summed E-state index contributed by atoms with van der Waals surface area (Å²) in [7, 11) is 0. The predicted octanol–water partition coefficient (Wildman–Crippen LogP) is 11.1. The molecule has 3 N–H and O–H groups in total. The SMILES string of the molecule is CC1(C)Cc2c(C=O)cccc2O1.CC1(C)Cc2cccc(CNc3ccccc3Oc3ccccc3)c2O1.Nc1ccccc1Oc1ccccc1. The summed E-state index contributed by atoms with van der Waals surface area (Å²) in [5.74, 6) is 5.00. The van der Waals surface area contributed by atoms with Crippen molar-refractivity contribution in [1.82, 2.24) is 0 Å². The van der Waals surface area contributed by atoms with Crippen molar-refractivity contribution < 1.29 is 23.7 Å². The predicted molar refractivity (Wildman–Crippen MR) is 213 cm³/mol. The molecule has 0 amide bonds. The maximum atomic E-state index is 10.7. The van der Waals surface area contributed by atoms with Gasteiger partial charge in [-0.25, -0.2) is 0 Å². The largest absolute Gasteiger partial charge is 0.487 e. The lowest BCUT2D eigenvalue weighted by Gasteiger charge is -2.19. The molecule has 0 fully saturated rings. The Balaban J connectivity index is 0.000000150. The molecule has 8 rings (SSSR count). The lowest BCUT2D eigenvalue weighted by Crippen LogP contribution is -2.25. The molecule has 0 unspecified atom stereocenters. The number of fused-ring (bicyclic) bond motifs is 2. The molecule has 0 radical (unpaired) electrons. The van der Waals surface area contributed by atoms with Gasteiger partial charge in [-0.3, -0.25) is 4.79 Å². The third-order valence-corrected chi connectivity index (χ3v) is 8.68. The monoisotopic (exact) mass is 706 g/mol. The number of carbonyl (C=O) groups is 1. The zero-order chi connectivity index (χ0) is 37.3. The Morgan fingerprint density at radius 3 is 1.91 bits per heavy atom. The molecule has 0 bridgehead atoms. The van der Waals surface area contributed by atoms with Crippen LogP contribution in [0.15, 0.2) is 146 Å². The lowest BCUT2D eigenvalue weighted by molar-refractivity contribution is 0.112. The van der Waals surface area contributed by atoms with Gasteiger partial charge in [0, 0.05) is 36.1 Å². The third kappa shape index (κ3) is 9.77. The molecule has 0 spiro atoms. The first-order valence-corrected chi connectivity index (χ1v) is 17.8. The molecule has 0 saturated carbocycles. The maximum absolute atomic E-state index is 10.7. The van der Waals surface area contributed by atoms with Crippen molar-refractivity contribution in [2.24, 2.45) is 0 Å². The van der Waals surface area contributed by atoms with Gasteiger partial charge in [-0.15, -0.1) is 0 Å². The molecule has 7 nitrogen and oxygen atoms in total. The second-order valence-electron chi connectivity index (χ2n) is 14.1. The van der Waals surface area contributed by atoms with Crippen LogP contribution in [0.1, 0.15) is 54.7 Å². The number of carbonyl (C=O) groups excluding carboxylic acids is 1. The molecule has 53 heavy (non-hydrogen) atoms. The Bertz CT molecular complexity index is 2130. The fourth-order valence-corrected chi connectivity index (χ4v) is 6.25. The van der Waals surface area contributed by atoms with Gasteiger partial charge in [-0.2, -0.15) is 0 Å². The Kier molecular flexibility index (Phi) is 11.3. The number of anilines is 2. The molecule has 6 aromatic rings. The van der Waals surface area contributed by atoms with E-state index < -0.39 is 0 Å². The van der Waals surface area contributed by atoms with E-state index >= 15 is 0 Å². The van der Waals surface area contributed by atoms with Gasteiger partial charge in [0.05, 0.1) is 11.4 Å². The van der Waals surface area contributed by atoms with Gasteiger partial charge in [0.1, 0.15) is 46.2 Å². The van der Waals surface area contributed by atoms with Crippen LogP contribution in [0.4, 0.5) is 11.4 Å². The molecule has 0 atom stereocenters. The summed E-state index contributed by atoms with van der Waals surface area (Å²) in [6, 6.07) is 46.8. The van der Waals surface area contributed by atoms with Gasteiger partial charge in [0.15, 0.2) is 5.75 Å². The lowest BCUT2D eigenvalue weighted by atomic mass is 9.98. The van der Waals surface area contributed by atoms with E-state index in [4.69, 9.17) is 24.7 Å². The van der Waals surface area contributed by atoms with Crippen LogP contribution in [0, 0.1) is 0 Å². The number of nitrogen functional groups attached to an aromatic ring is 1. The second-order valence-corrected chi connectivity index (χ2v) is 14.1. The van der Waals surface area contributed by atoms with Gasteiger partial charge in [0.25, 0.3) is 0 Å². The molecule has 0 aromatic heterocycles. The van der Waals surface area contributed by atoms with Crippen molar-refractivity contribution in [3.63, 3.8) is 0 Å². The minimum absolute atomic E-state index is 0.132. The van der Waals surface area contributed by atoms with Crippen LogP contribution in [0.3, 0.4) is 0 Å². The second kappa shape index (κ2) is 16.4. The third-order valence-electron chi connectivity index (χ3n) is 8.68. The average Bonchev–Trinajstić information content (AvgIpc) is 3.66. The Hall–Kier alpha value is -6.21. The molecule has 0 saturated heterocycles. The number of nitrogens with two attached hydrogens (primary N) is 1. The first kappa shape index (κ1) is 36.6. The number of nitrogens with one attached hydrogen (secondary N) is 1. The average molecular weight is 707 g/mol. The minimum Gasteiger partial charge on any atom is -0.487 e. The number of ether oxygens (including phenoxy) is 4. The summed E-state index contributed by atoms with van der Waals surface area (Å²) in [6.45, 7) is 9.01. The van der Waals surface area contributed by atoms with Crippen LogP contribution in [-0.2, 0) is 19.4 Å². The fourth-order valence-electron chi connectivity index (χ4n) is 6.25. The van der Waals surface area contributed by atoms with Crippen molar-refractivity contribution in [3.05, 3.63) is 168 Å². The van der Waals surface area contributed by atoms with E-state index in [2.05, 4.69) is 37.4 Å². The summed E-state index contributed by atoms with van der Waals surface area (Å²) in [6.07, 6.45) is 2.66. The molecule has 0 aliphatic carbocycles. The van der Waals surface area contributed by atoms with Crippen molar-refractivity contribution >= 4 is 17.7 Å². The molecule has 2 heterocycles. The van der Waals surface area contributed by atoms with E-state index in [0.29, 0.717) is 18.0 Å². The van der Waals surface area contributed by atoms with Gasteiger partial charge in [-0.05, 0) is 87.9 Å². The number of para-hydroxylation sites is 7. The summed E-state index contributed by atoms with van der Waals surface area (Å²) in [4.78, 5) is 10.7. The topological polar surface area (TPSA) is 92.0 Å². The van der Waals surface area contributed by atoms with Gasteiger partial charge in [0.2, 0.25) is 0 Å². The van der Waals surface area contributed by atoms with Crippen molar-refractivity contribution in [3.8, 4) is 34.5 Å². The normalized spacial score (nSPS) is 14.0. The highest BCUT2D eigenvalue weighted by Crippen LogP contribution is 2.39. The number of aldehydes is 1. The Morgan fingerprint density at radius 2 is 1.23 bits per heavy atom. The standard InChI is InChI=1S/C23H23NO2.C12H11NO.C11H12O2/c1-23(2)15-17-9-8-10-18(22(17)26-23)16-24-20-13-6-7-14-21(20)25-19-11-4-3-5-12-19;13-11-8-4-5-9-12(11)14-10-6-2-1-3-7-10;1-11(2)6-9-8(7-12)4-3-5-10(9)13-11/h3-14,24H,15-16H2,1-2H3;1-9H,13H2;3-5,7H,6H2,1-2H3. The Morgan fingerprint density at radius 1 is 0.642 bits per heavy atom. The number of benzene rings is 6. The summed E-state index contributed by atoms with van der Waals surface area (Å²) >= 11 is 0. The minimum atomic E-state index is -0.165. The molecule has 2 aliphatic heterocycles. The van der Waals surface area contributed by atoms with Crippen molar-refractivity contribution in [2.45, 2.75) is 58.3 Å². The van der Waals surface area contributed by atoms with Crippen LogP contribution in [0.25, 0.3) is 0 Å². The molecule has 270 valence electrons. The van der Waals surface area contributed by atoms with Crippen LogP contribution in [0.5, 0.6) is 34.5 Å². The smallest absolute Gasteiger partial charge is 0.150 e. The van der Waals surface area contributed by atoms with Crippen LogP contribution in [0.2, 0.25) is 0 Å². The van der Waals surface area contributed by atoms with Gasteiger partial charge in [-0.1, -0.05) is 91.0 Å². The van der Waals surface area contributed by atoms with E-state index in [0.717, 1.165) is 64.7 Å². The van der Waals surface area contributed by atoms with Crippen LogP contribution >= 0.6 is 0 Å². The first-order valence-electron chi connectivity index (χ1n) is 17.8. The summed E-state index contributed by atoms with van der Waals surface area (Å²) in [5.41, 5.74) is 11.3. The van der Waals surface area contributed by atoms with Crippen LogP contribution < -0.4 is 30.0 Å². The molecule has 2 aliphatic rings. The van der Waals surface area contributed by atoms with E-state index in [1.165, 1.54) is 11.1 Å². The van der Waals surface area contributed by atoms with Gasteiger partial charge >= 0.3 is 0 Å². The quantitative estimate of drug-likeness (QED) is 0.120. The zero-order valence-electron chi connectivity index (χ0n) is 30.7.